The predicted octanol–water partition coefficient (Wildman–Crippen LogP) is 2.11. The van der Waals surface area contributed by atoms with Crippen LogP contribution in [0.4, 0.5) is 0 Å². The lowest BCUT2D eigenvalue weighted by molar-refractivity contribution is -0.129. The molecule has 2 atom stereocenters. The van der Waals surface area contributed by atoms with E-state index in [4.69, 9.17) is 21.1 Å². The second-order valence-electron chi connectivity index (χ2n) is 6.92. The molecule has 142 valence electrons. The van der Waals surface area contributed by atoms with Crippen molar-refractivity contribution in [2.45, 2.75) is 18.9 Å². The molecule has 27 heavy (non-hydrogen) atoms. The van der Waals surface area contributed by atoms with Crippen molar-refractivity contribution in [3.8, 4) is 11.5 Å². The first-order valence-corrected chi connectivity index (χ1v) is 9.41. The van der Waals surface area contributed by atoms with E-state index in [9.17, 15) is 9.90 Å². The highest BCUT2D eigenvalue weighted by Gasteiger charge is 2.34. The van der Waals surface area contributed by atoms with Gasteiger partial charge in [-0.2, -0.15) is 0 Å². The number of aliphatic hydroxyl groups excluding tert-OH is 1. The number of aromatic nitrogens is 1. The van der Waals surface area contributed by atoms with Crippen molar-refractivity contribution in [1.82, 2.24) is 9.88 Å². The third-order valence-corrected chi connectivity index (χ3v) is 5.36. The maximum absolute atomic E-state index is 12.7. The molecule has 1 aromatic carbocycles. The topological polar surface area (TPSA) is 71.9 Å². The Labute approximate surface area is 162 Å². The summed E-state index contributed by atoms with van der Waals surface area (Å²) in [6, 6.07) is 9.19. The van der Waals surface area contributed by atoms with E-state index in [1.165, 1.54) is 0 Å². The zero-order valence-electron chi connectivity index (χ0n) is 14.8. The number of carbonyl (C=O) groups is 1. The average molecular weight is 389 g/mol. The van der Waals surface area contributed by atoms with Crippen molar-refractivity contribution < 1.29 is 19.4 Å². The number of fused-ring (bicyclic) bond motifs is 1. The number of amides is 1. The molecule has 6 nitrogen and oxygen atoms in total. The second kappa shape index (κ2) is 7.74. The third kappa shape index (κ3) is 4.01. The number of halogens is 1. The average Bonchev–Trinajstić information content (AvgIpc) is 3.04. The summed E-state index contributed by atoms with van der Waals surface area (Å²) in [5, 5.41) is 10.8. The quantitative estimate of drug-likeness (QED) is 0.868. The molecule has 0 unspecified atom stereocenters. The molecular weight excluding hydrogens is 368 g/mol. The van der Waals surface area contributed by atoms with Crippen LogP contribution < -0.4 is 9.47 Å². The summed E-state index contributed by atoms with van der Waals surface area (Å²) < 4.78 is 11.1. The Morgan fingerprint density at radius 2 is 2.00 bits per heavy atom. The fraction of sp³-hybridized carbons (Fsp3) is 0.400. The van der Waals surface area contributed by atoms with E-state index in [2.05, 4.69) is 4.98 Å². The molecule has 2 aliphatic rings. The van der Waals surface area contributed by atoms with Crippen LogP contribution in [0.2, 0.25) is 5.02 Å². The highest BCUT2D eigenvalue weighted by Crippen LogP contribution is 2.36. The molecule has 1 saturated heterocycles. The molecule has 1 N–H and O–H groups in total. The smallest absolute Gasteiger partial charge is 0.227 e. The first-order valence-electron chi connectivity index (χ1n) is 9.04. The number of hydrogen-bond donors (Lipinski definition) is 1. The Morgan fingerprint density at radius 1 is 1.22 bits per heavy atom. The summed E-state index contributed by atoms with van der Waals surface area (Å²) in [7, 11) is 0. The number of aliphatic hydroxyl groups is 1. The van der Waals surface area contributed by atoms with Gasteiger partial charge in [0, 0.05) is 42.0 Å². The van der Waals surface area contributed by atoms with Crippen LogP contribution in [0.25, 0.3) is 0 Å². The van der Waals surface area contributed by atoms with Crippen LogP contribution in [0.15, 0.2) is 36.5 Å². The van der Waals surface area contributed by atoms with Gasteiger partial charge in [0.1, 0.15) is 13.2 Å². The Bertz CT molecular complexity index is 830. The lowest BCUT2D eigenvalue weighted by atomic mass is 10.00. The van der Waals surface area contributed by atoms with Crippen molar-refractivity contribution in [3.63, 3.8) is 0 Å². The van der Waals surface area contributed by atoms with E-state index in [-0.39, 0.29) is 18.2 Å². The molecule has 0 saturated carbocycles. The Hall–Kier alpha value is -2.31. The Morgan fingerprint density at radius 3 is 2.74 bits per heavy atom. The van der Waals surface area contributed by atoms with Crippen molar-refractivity contribution >= 4 is 17.5 Å². The Balaban J connectivity index is 1.42. The SMILES string of the molecule is O=C(Cc1cc2c(cc1Cl)OCCO2)N1C[C@@H](Cc2ccccn2)[C@H](O)C1. The van der Waals surface area contributed by atoms with Crippen LogP contribution in [0.5, 0.6) is 11.5 Å². The summed E-state index contributed by atoms with van der Waals surface area (Å²) in [6.07, 6.45) is 2.00. The van der Waals surface area contributed by atoms with Crippen LogP contribution >= 0.6 is 11.6 Å². The molecule has 3 heterocycles. The fourth-order valence-electron chi connectivity index (χ4n) is 3.56. The standard InChI is InChI=1S/C20H21ClN2O4/c21-16-10-19-18(26-5-6-27-19)8-13(16)9-20(25)23-11-14(17(24)12-23)7-15-3-1-2-4-22-15/h1-4,8,10,14,17,24H,5-7,9,11-12H2/t14-,17-/m1/s1. The number of likely N-dealkylation sites (tertiary alicyclic amines) is 1. The van der Waals surface area contributed by atoms with E-state index in [1.807, 2.05) is 18.2 Å². The van der Waals surface area contributed by atoms with Gasteiger partial charge in [-0.25, -0.2) is 0 Å². The van der Waals surface area contributed by atoms with Crippen LogP contribution in [0, 0.1) is 5.92 Å². The predicted molar refractivity (Wildman–Crippen MR) is 100 cm³/mol. The van der Waals surface area contributed by atoms with Gasteiger partial charge < -0.3 is 19.5 Å². The van der Waals surface area contributed by atoms with Gasteiger partial charge in [0.15, 0.2) is 11.5 Å². The highest BCUT2D eigenvalue weighted by atomic mass is 35.5. The molecule has 0 aliphatic carbocycles. The molecule has 1 fully saturated rings. The summed E-state index contributed by atoms with van der Waals surface area (Å²) in [4.78, 5) is 18.8. The number of hydrogen-bond acceptors (Lipinski definition) is 5. The number of pyridine rings is 1. The minimum absolute atomic E-state index is 0.0143. The van der Waals surface area contributed by atoms with E-state index in [1.54, 1.807) is 23.2 Å². The van der Waals surface area contributed by atoms with Crippen molar-refractivity contribution in [2.75, 3.05) is 26.3 Å². The summed E-state index contributed by atoms with van der Waals surface area (Å²) in [6.45, 7) is 1.82. The Kier molecular flexibility index (Phi) is 5.18. The normalized spacial score (nSPS) is 21.3. The minimum Gasteiger partial charge on any atom is -0.486 e. The molecule has 1 amide bonds. The number of nitrogens with zero attached hydrogens (tertiary/aromatic N) is 2. The number of β-amino-alcohol motifs (C(OH)–C–C–N with tert-alkyl or cyclic N) is 1. The lowest BCUT2D eigenvalue weighted by Crippen LogP contribution is -2.31. The number of rotatable bonds is 4. The first-order chi connectivity index (χ1) is 13.1. The van der Waals surface area contributed by atoms with E-state index in [0.29, 0.717) is 54.8 Å². The maximum atomic E-state index is 12.7. The van der Waals surface area contributed by atoms with Crippen LogP contribution in [0.1, 0.15) is 11.3 Å². The zero-order valence-corrected chi connectivity index (χ0v) is 15.6. The van der Waals surface area contributed by atoms with E-state index in [0.717, 1.165) is 5.69 Å². The van der Waals surface area contributed by atoms with Gasteiger partial charge in [-0.05, 0) is 30.2 Å². The van der Waals surface area contributed by atoms with E-state index < -0.39 is 6.10 Å². The van der Waals surface area contributed by atoms with Crippen molar-refractivity contribution in [1.29, 1.82) is 0 Å². The monoisotopic (exact) mass is 388 g/mol. The lowest BCUT2D eigenvalue weighted by Gasteiger charge is -2.21. The van der Waals surface area contributed by atoms with Crippen LogP contribution in [-0.2, 0) is 17.6 Å². The van der Waals surface area contributed by atoms with Crippen LogP contribution in [-0.4, -0.2) is 53.3 Å². The molecule has 0 bridgehead atoms. The van der Waals surface area contributed by atoms with Gasteiger partial charge in [-0.1, -0.05) is 17.7 Å². The van der Waals surface area contributed by atoms with Gasteiger partial charge >= 0.3 is 0 Å². The van der Waals surface area contributed by atoms with Crippen molar-refractivity contribution in [3.05, 3.63) is 52.8 Å². The summed E-state index contributed by atoms with van der Waals surface area (Å²) in [5.74, 6) is 1.15. The molecule has 2 aromatic rings. The number of carbonyl (C=O) groups excluding carboxylic acids is 1. The first kappa shape index (κ1) is 18.1. The molecule has 2 aliphatic heterocycles. The molecule has 7 heteroatoms. The minimum atomic E-state index is -0.549. The summed E-state index contributed by atoms with van der Waals surface area (Å²) >= 11 is 6.31. The summed E-state index contributed by atoms with van der Waals surface area (Å²) in [5.41, 5.74) is 1.62. The molecule has 0 spiro atoms. The van der Waals surface area contributed by atoms with Gasteiger partial charge in [0.2, 0.25) is 5.91 Å². The molecular formula is C20H21ClN2O4. The van der Waals surface area contributed by atoms with Gasteiger partial charge in [0.25, 0.3) is 0 Å². The largest absolute Gasteiger partial charge is 0.486 e. The fourth-order valence-corrected chi connectivity index (χ4v) is 3.78. The van der Waals surface area contributed by atoms with Gasteiger partial charge in [-0.3, -0.25) is 9.78 Å². The molecule has 1 aromatic heterocycles. The van der Waals surface area contributed by atoms with Crippen LogP contribution in [0.3, 0.4) is 0 Å². The van der Waals surface area contributed by atoms with Crippen molar-refractivity contribution in [2.24, 2.45) is 5.92 Å². The molecule has 4 rings (SSSR count). The zero-order chi connectivity index (χ0) is 18.8. The van der Waals surface area contributed by atoms with Gasteiger partial charge in [-0.15, -0.1) is 0 Å². The number of ether oxygens (including phenoxy) is 2. The highest BCUT2D eigenvalue weighted by molar-refractivity contribution is 6.31. The maximum Gasteiger partial charge on any atom is 0.227 e. The third-order valence-electron chi connectivity index (χ3n) is 5.01. The van der Waals surface area contributed by atoms with Gasteiger partial charge in [0.05, 0.1) is 12.5 Å². The van der Waals surface area contributed by atoms with E-state index >= 15 is 0 Å². The molecule has 0 radical (unpaired) electrons. The second-order valence-corrected chi connectivity index (χ2v) is 7.32. The number of benzene rings is 1.